The van der Waals surface area contributed by atoms with Crippen molar-refractivity contribution in [1.29, 1.82) is 0 Å². The van der Waals surface area contributed by atoms with Crippen LogP contribution in [-0.2, 0) is 10.0 Å². The Morgan fingerprint density at radius 3 is 2.33 bits per heavy atom. The highest BCUT2D eigenvalue weighted by molar-refractivity contribution is 7.89. The number of carbonyl (C=O) groups excluding carboxylic acids is 1. The second kappa shape index (κ2) is 7.66. The second-order valence-electron chi connectivity index (χ2n) is 6.50. The van der Waals surface area contributed by atoms with E-state index in [0.29, 0.717) is 24.5 Å². The number of ether oxygens (including phenoxy) is 1. The smallest absolute Gasteiger partial charge is 0.272 e. The molecular weight excluding hydrogens is 366 g/mol. The van der Waals surface area contributed by atoms with Crippen LogP contribution >= 0.6 is 0 Å². The van der Waals surface area contributed by atoms with E-state index >= 15 is 0 Å². The van der Waals surface area contributed by atoms with E-state index in [-0.39, 0.29) is 23.9 Å². The molecule has 144 valence electrons. The van der Waals surface area contributed by atoms with Crippen LogP contribution in [0.2, 0.25) is 0 Å². The van der Waals surface area contributed by atoms with Crippen LogP contribution in [0.25, 0.3) is 0 Å². The molecular formula is C19H23N3O4S. The fourth-order valence-electron chi connectivity index (χ4n) is 3.05. The number of hydrogen-bond acceptors (Lipinski definition) is 5. The van der Waals surface area contributed by atoms with Gasteiger partial charge in [0.2, 0.25) is 10.0 Å². The molecule has 7 nitrogen and oxygen atoms in total. The third-order valence-electron chi connectivity index (χ3n) is 4.81. The molecule has 27 heavy (non-hydrogen) atoms. The van der Waals surface area contributed by atoms with Gasteiger partial charge < -0.3 is 9.64 Å². The van der Waals surface area contributed by atoms with Gasteiger partial charge in [-0.05, 0) is 49.2 Å². The van der Waals surface area contributed by atoms with Gasteiger partial charge in [0.05, 0.1) is 7.11 Å². The summed E-state index contributed by atoms with van der Waals surface area (Å²) in [4.78, 5) is 18.3. The summed E-state index contributed by atoms with van der Waals surface area (Å²) in [6.07, 6.45) is 1.57. The molecule has 1 saturated heterocycles. The van der Waals surface area contributed by atoms with Gasteiger partial charge in [-0.2, -0.15) is 4.31 Å². The average Bonchev–Trinajstić information content (AvgIpc) is 2.69. The van der Waals surface area contributed by atoms with E-state index in [0.717, 1.165) is 11.1 Å². The van der Waals surface area contributed by atoms with Crippen molar-refractivity contribution in [2.24, 2.45) is 0 Å². The summed E-state index contributed by atoms with van der Waals surface area (Å²) < 4.78 is 32.9. The molecule has 3 rings (SSSR count). The maximum atomic E-state index is 13.1. The molecule has 1 fully saturated rings. The minimum Gasteiger partial charge on any atom is -0.495 e. The first-order valence-corrected chi connectivity index (χ1v) is 10.1. The van der Waals surface area contributed by atoms with Crippen molar-refractivity contribution in [3.8, 4) is 5.75 Å². The van der Waals surface area contributed by atoms with Crippen molar-refractivity contribution in [3.05, 3.63) is 53.3 Å². The first kappa shape index (κ1) is 19.3. The zero-order valence-electron chi connectivity index (χ0n) is 15.7. The summed E-state index contributed by atoms with van der Waals surface area (Å²) in [5.74, 6) is 0.154. The predicted molar refractivity (Wildman–Crippen MR) is 101 cm³/mol. The van der Waals surface area contributed by atoms with Crippen molar-refractivity contribution in [2.45, 2.75) is 18.7 Å². The topological polar surface area (TPSA) is 79.8 Å². The van der Waals surface area contributed by atoms with Gasteiger partial charge in [-0.15, -0.1) is 0 Å². The molecule has 0 atom stereocenters. The molecule has 0 unspecified atom stereocenters. The lowest BCUT2D eigenvalue weighted by Gasteiger charge is -2.34. The third-order valence-corrected chi connectivity index (χ3v) is 6.73. The Morgan fingerprint density at radius 2 is 1.74 bits per heavy atom. The number of rotatable bonds is 4. The van der Waals surface area contributed by atoms with Crippen molar-refractivity contribution in [3.63, 3.8) is 0 Å². The number of benzene rings is 1. The average molecular weight is 389 g/mol. The molecule has 2 aromatic rings. The molecule has 0 N–H and O–H groups in total. The second-order valence-corrected chi connectivity index (χ2v) is 8.40. The summed E-state index contributed by atoms with van der Waals surface area (Å²) in [6, 6.07) is 8.55. The summed E-state index contributed by atoms with van der Waals surface area (Å²) in [7, 11) is -2.24. The summed E-state index contributed by atoms with van der Waals surface area (Å²) >= 11 is 0. The van der Waals surface area contributed by atoms with Crippen LogP contribution in [-0.4, -0.2) is 61.8 Å². The van der Waals surface area contributed by atoms with Crippen LogP contribution in [0.4, 0.5) is 0 Å². The maximum Gasteiger partial charge on any atom is 0.272 e. The summed E-state index contributed by atoms with van der Waals surface area (Å²) in [6.45, 7) is 4.89. The van der Waals surface area contributed by atoms with E-state index in [9.17, 15) is 13.2 Å². The van der Waals surface area contributed by atoms with Gasteiger partial charge in [0.1, 0.15) is 16.3 Å². The quantitative estimate of drug-likeness (QED) is 0.797. The molecule has 2 heterocycles. The first-order chi connectivity index (χ1) is 12.8. The number of aryl methyl sites for hydroxylation is 2. The molecule has 0 saturated carbocycles. The first-order valence-electron chi connectivity index (χ1n) is 8.70. The van der Waals surface area contributed by atoms with Gasteiger partial charge in [-0.3, -0.25) is 9.78 Å². The number of nitrogens with zero attached hydrogens (tertiary/aromatic N) is 3. The summed E-state index contributed by atoms with van der Waals surface area (Å²) in [5, 5.41) is 0. The number of methoxy groups -OCH3 is 1. The Kier molecular flexibility index (Phi) is 5.48. The molecule has 1 amide bonds. The minimum absolute atomic E-state index is 0.164. The molecule has 0 bridgehead atoms. The van der Waals surface area contributed by atoms with E-state index in [1.807, 2.05) is 13.8 Å². The van der Waals surface area contributed by atoms with Crippen molar-refractivity contribution in [2.75, 3.05) is 33.3 Å². The van der Waals surface area contributed by atoms with E-state index in [1.54, 1.807) is 41.4 Å². The van der Waals surface area contributed by atoms with Gasteiger partial charge in [-0.25, -0.2) is 8.42 Å². The molecule has 0 spiro atoms. The Balaban J connectivity index is 1.78. The number of sulfonamides is 1. The monoisotopic (exact) mass is 389 g/mol. The van der Waals surface area contributed by atoms with Gasteiger partial charge in [-0.1, -0.05) is 6.07 Å². The fraction of sp³-hybridized carbons (Fsp3) is 0.368. The third kappa shape index (κ3) is 3.81. The Hall–Kier alpha value is -2.45. The van der Waals surface area contributed by atoms with Crippen molar-refractivity contribution in [1.82, 2.24) is 14.2 Å². The van der Waals surface area contributed by atoms with E-state index < -0.39 is 10.0 Å². The van der Waals surface area contributed by atoms with Crippen LogP contribution in [0.3, 0.4) is 0 Å². The van der Waals surface area contributed by atoms with E-state index in [4.69, 9.17) is 4.74 Å². The minimum atomic E-state index is -3.70. The van der Waals surface area contributed by atoms with Crippen LogP contribution in [0.15, 0.2) is 41.4 Å². The standard InChI is InChI=1S/C19H23N3O4S/c1-14-12-17(26-3)18(13-15(14)2)27(24,25)22-10-8-21(9-11-22)19(23)16-6-4-5-7-20-16/h4-7,12-13H,8-11H2,1-3H3. The highest BCUT2D eigenvalue weighted by Gasteiger charge is 2.32. The van der Waals surface area contributed by atoms with E-state index in [1.165, 1.54) is 11.4 Å². The zero-order chi connectivity index (χ0) is 19.6. The molecule has 1 aliphatic heterocycles. The van der Waals surface area contributed by atoms with E-state index in [2.05, 4.69) is 4.98 Å². The van der Waals surface area contributed by atoms with Gasteiger partial charge in [0.15, 0.2) is 0 Å². The number of aromatic nitrogens is 1. The summed E-state index contributed by atoms with van der Waals surface area (Å²) in [5.41, 5.74) is 2.22. The lowest BCUT2D eigenvalue weighted by atomic mass is 10.1. The predicted octanol–water partition coefficient (Wildman–Crippen LogP) is 1.85. The molecule has 1 aliphatic rings. The number of pyridine rings is 1. The van der Waals surface area contributed by atoms with Crippen LogP contribution in [0.5, 0.6) is 5.75 Å². The Labute approximate surface area is 159 Å². The van der Waals surface area contributed by atoms with Crippen molar-refractivity contribution < 1.29 is 17.9 Å². The largest absolute Gasteiger partial charge is 0.495 e. The molecule has 1 aromatic heterocycles. The lowest BCUT2D eigenvalue weighted by molar-refractivity contribution is 0.0692. The lowest BCUT2D eigenvalue weighted by Crippen LogP contribution is -2.50. The normalized spacial score (nSPS) is 15.6. The van der Waals surface area contributed by atoms with Gasteiger partial charge >= 0.3 is 0 Å². The Morgan fingerprint density at radius 1 is 1.07 bits per heavy atom. The van der Waals surface area contributed by atoms with Crippen LogP contribution < -0.4 is 4.74 Å². The van der Waals surface area contributed by atoms with Gasteiger partial charge in [0, 0.05) is 32.4 Å². The molecule has 0 radical (unpaired) electrons. The maximum absolute atomic E-state index is 13.1. The number of carbonyl (C=O) groups is 1. The fourth-order valence-corrected chi connectivity index (χ4v) is 4.69. The number of hydrogen-bond donors (Lipinski definition) is 0. The Bertz CT molecular complexity index is 937. The van der Waals surface area contributed by atoms with Crippen molar-refractivity contribution >= 4 is 15.9 Å². The molecule has 8 heteroatoms. The van der Waals surface area contributed by atoms with Gasteiger partial charge in [0.25, 0.3) is 5.91 Å². The molecule has 1 aromatic carbocycles. The number of piperazine rings is 1. The van der Waals surface area contributed by atoms with Crippen LogP contribution in [0, 0.1) is 13.8 Å². The highest BCUT2D eigenvalue weighted by Crippen LogP contribution is 2.30. The number of amides is 1. The van der Waals surface area contributed by atoms with Crippen LogP contribution in [0.1, 0.15) is 21.6 Å². The highest BCUT2D eigenvalue weighted by atomic mass is 32.2. The SMILES string of the molecule is COc1cc(C)c(C)cc1S(=O)(=O)N1CCN(C(=O)c2ccccn2)CC1. The molecule has 0 aliphatic carbocycles. The zero-order valence-corrected chi connectivity index (χ0v) is 16.5.